The Morgan fingerprint density at radius 3 is 2.69 bits per heavy atom. The molecule has 0 atom stereocenters. The standard InChI is InChI=1S/C23H20ClF3N10O2/c24-16-9-13(1-2-14(16)22(39)32-5-4-30-11-18(29)38)34-20-21-33-10-17(37(21)8-6-31-20)15-12-36(7-3-28)35-19(15)23(25,26)27/h1-2,6,8-10,12,30H,4-5,7,11H2,(H2,29,38)(H,31,34)(H,32,39). The van der Waals surface area contributed by atoms with Crippen molar-refractivity contribution in [1.82, 2.24) is 34.8 Å². The molecule has 1 aromatic carbocycles. The fourth-order valence-electron chi connectivity index (χ4n) is 3.66. The Hall–Kier alpha value is -4.68. The minimum atomic E-state index is -4.75. The molecule has 202 valence electrons. The van der Waals surface area contributed by atoms with Gasteiger partial charge < -0.3 is 21.7 Å². The number of carbonyl (C=O) groups excluding carboxylic acids is 2. The highest BCUT2D eigenvalue weighted by atomic mass is 35.5. The van der Waals surface area contributed by atoms with Crippen molar-refractivity contribution in [3.8, 4) is 17.3 Å². The summed E-state index contributed by atoms with van der Waals surface area (Å²) < 4.78 is 43.3. The van der Waals surface area contributed by atoms with E-state index < -0.39 is 23.7 Å². The molecule has 12 nitrogen and oxygen atoms in total. The number of aromatic nitrogens is 5. The van der Waals surface area contributed by atoms with Gasteiger partial charge in [-0.1, -0.05) is 11.6 Å². The molecule has 5 N–H and O–H groups in total. The third-order valence-corrected chi connectivity index (χ3v) is 5.64. The first kappa shape index (κ1) is 27.4. The van der Waals surface area contributed by atoms with Gasteiger partial charge in [0.2, 0.25) is 5.91 Å². The SMILES string of the molecule is N#CCn1cc(-c2cnc3c(Nc4ccc(C(=O)NCCNCC(N)=O)c(Cl)c4)nccn23)c(C(F)(F)F)n1. The van der Waals surface area contributed by atoms with Crippen molar-refractivity contribution in [3.05, 3.63) is 59.3 Å². The van der Waals surface area contributed by atoms with Crippen LogP contribution in [0, 0.1) is 11.3 Å². The normalized spacial score (nSPS) is 11.4. The number of primary amides is 1. The van der Waals surface area contributed by atoms with E-state index in [4.69, 9.17) is 22.6 Å². The third-order valence-electron chi connectivity index (χ3n) is 5.33. The van der Waals surface area contributed by atoms with Gasteiger partial charge in [-0.2, -0.15) is 23.5 Å². The second-order valence-electron chi connectivity index (χ2n) is 8.08. The van der Waals surface area contributed by atoms with Gasteiger partial charge in [-0.25, -0.2) is 9.97 Å². The van der Waals surface area contributed by atoms with E-state index in [0.717, 1.165) is 10.9 Å². The fourth-order valence-corrected chi connectivity index (χ4v) is 3.93. The van der Waals surface area contributed by atoms with E-state index in [2.05, 4.69) is 31.0 Å². The molecular weight excluding hydrogens is 541 g/mol. The number of rotatable bonds is 10. The van der Waals surface area contributed by atoms with E-state index in [9.17, 15) is 22.8 Å². The number of hydrogen-bond acceptors (Lipinski definition) is 8. The summed E-state index contributed by atoms with van der Waals surface area (Å²) in [5.41, 5.74) is 4.61. The number of benzene rings is 1. The number of hydrogen-bond donors (Lipinski definition) is 4. The van der Waals surface area contributed by atoms with Crippen LogP contribution in [-0.2, 0) is 17.5 Å². The zero-order valence-corrected chi connectivity index (χ0v) is 20.7. The largest absolute Gasteiger partial charge is 0.435 e. The topological polar surface area (TPSA) is 168 Å². The molecule has 0 bridgehead atoms. The number of carbonyl (C=O) groups is 2. The first-order valence-electron chi connectivity index (χ1n) is 11.3. The monoisotopic (exact) mass is 560 g/mol. The van der Waals surface area contributed by atoms with E-state index in [1.165, 1.54) is 35.1 Å². The number of nitrogens with two attached hydrogens (primary N) is 1. The molecule has 0 spiro atoms. The van der Waals surface area contributed by atoms with Gasteiger partial charge in [-0.3, -0.25) is 18.7 Å². The maximum atomic E-state index is 13.6. The van der Waals surface area contributed by atoms with E-state index in [-0.39, 0.29) is 52.9 Å². The highest BCUT2D eigenvalue weighted by Crippen LogP contribution is 2.37. The lowest BCUT2D eigenvalue weighted by Crippen LogP contribution is -2.35. The van der Waals surface area contributed by atoms with Crippen molar-refractivity contribution in [2.24, 2.45) is 5.73 Å². The first-order valence-corrected chi connectivity index (χ1v) is 11.6. The second-order valence-corrected chi connectivity index (χ2v) is 8.48. The first-order chi connectivity index (χ1) is 18.6. The molecule has 3 heterocycles. The van der Waals surface area contributed by atoms with Gasteiger partial charge in [0.25, 0.3) is 5.91 Å². The number of nitrogens with zero attached hydrogens (tertiary/aromatic N) is 6. The zero-order valence-electron chi connectivity index (χ0n) is 20.0. The van der Waals surface area contributed by atoms with Crippen LogP contribution in [0.1, 0.15) is 16.1 Å². The molecule has 0 aliphatic heterocycles. The molecule has 0 radical (unpaired) electrons. The van der Waals surface area contributed by atoms with Gasteiger partial charge in [0.05, 0.1) is 40.7 Å². The van der Waals surface area contributed by atoms with Crippen LogP contribution in [0.2, 0.25) is 5.02 Å². The number of imidazole rings is 1. The third kappa shape index (κ3) is 6.25. The summed E-state index contributed by atoms with van der Waals surface area (Å²) in [6.45, 7) is 0.207. The number of amides is 2. The minimum absolute atomic E-state index is 0.00980. The van der Waals surface area contributed by atoms with E-state index >= 15 is 0 Å². The predicted molar refractivity (Wildman–Crippen MR) is 134 cm³/mol. The van der Waals surface area contributed by atoms with Gasteiger partial charge in [-0.05, 0) is 18.2 Å². The molecule has 2 amide bonds. The number of nitrogens with one attached hydrogen (secondary N) is 3. The Balaban J connectivity index is 1.55. The Labute approximate surface area is 223 Å². The molecule has 0 aliphatic rings. The maximum absolute atomic E-state index is 13.6. The van der Waals surface area contributed by atoms with E-state index in [0.29, 0.717) is 12.2 Å². The quantitative estimate of drug-likeness (QED) is 0.214. The summed E-state index contributed by atoms with van der Waals surface area (Å²) in [5, 5.41) is 21.0. The summed E-state index contributed by atoms with van der Waals surface area (Å²) in [6.07, 6.45) is 0.468. The predicted octanol–water partition coefficient (Wildman–Crippen LogP) is 2.34. The van der Waals surface area contributed by atoms with Gasteiger partial charge in [0.1, 0.15) is 6.54 Å². The maximum Gasteiger partial charge on any atom is 0.435 e. The van der Waals surface area contributed by atoms with Crippen molar-refractivity contribution >= 4 is 40.6 Å². The van der Waals surface area contributed by atoms with Gasteiger partial charge in [-0.15, -0.1) is 0 Å². The minimum Gasteiger partial charge on any atom is -0.369 e. The Bertz CT molecular complexity index is 1570. The molecule has 3 aromatic heterocycles. The zero-order chi connectivity index (χ0) is 28.2. The molecular formula is C23H20ClF3N10O2. The molecule has 0 aliphatic carbocycles. The molecule has 0 unspecified atom stereocenters. The lowest BCUT2D eigenvalue weighted by molar-refractivity contribution is -0.141. The lowest BCUT2D eigenvalue weighted by atomic mass is 10.2. The molecule has 0 saturated carbocycles. The summed E-state index contributed by atoms with van der Waals surface area (Å²) in [6, 6.07) is 6.33. The second kappa shape index (κ2) is 11.4. The van der Waals surface area contributed by atoms with Crippen molar-refractivity contribution in [2.75, 3.05) is 25.0 Å². The fraction of sp³-hybridized carbons (Fsp3) is 0.217. The molecule has 4 rings (SSSR count). The number of halogens is 4. The van der Waals surface area contributed by atoms with E-state index in [1.807, 2.05) is 0 Å². The van der Waals surface area contributed by atoms with Crippen molar-refractivity contribution in [2.45, 2.75) is 12.7 Å². The summed E-state index contributed by atoms with van der Waals surface area (Å²) in [7, 11) is 0. The van der Waals surface area contributed by atoms with Gasteiger partial charge in [0, 0.05) is 37.4 Å². The van der Waals surface area contributed by atoms with Crippen LogP contribution in [-0.4, -0.2) is 55.6 Å². The molecule has 4 aromatic rings. The number of fused-ring (bicyclic) bond motifs is 1. The van der Waals surface area contributed by atoms with Crippen LogP contribution in [0.15, 0.2) is 43.0 Å². The number of alkyl halides is 3. The molecule has 16 heteroatoms. The Morgan fingerprint density at radius 1 is 1.21 bits per heavy atom. The van der Waals surface area contributed by atoms with Crippen LogP contribution in [0.4, 0.5) is 24.7 Å². The van der Waals surface area contributed by atoms with Crippen molar-refractivity contribution in [3.63, 3.8) is 0 Å². The average molecular weight is 561 g/mol. The lowest BCUT2D eigenvalue weighted by Gasteiger charge is -2.11. The highest BCUT2D eigenvalue weighted by Gasteiger charge is 2.38. The van der Waals surface area contributed by atoms with Gasteiger partial charge in [0.15, 0.2) is 17.2 Å². The Kier molecular flexibility index (Phi) is 7.98. The van der Waals surface area contributed by atoms with Crippen LogP contribution in [0.25, 0.3) is 16.9 Å². The average Bonchev–Trinajstić information content (AvgIpc) is 3.49. The van der Waals surface area contributed by atoms with Crippen LogP contribution in [0.3, 0.4) is 0 Å². The summed E-state index contributed by atoms with van der Waals surface area (Å²) in [4.78, 5) is 31.6. The van der Waals surface area contributed by atoms with Crippen LogP contribution >= 0.6 is 11.6 Å². The smallest absolute Gasteiger partial charge is 0.369 e. The molecule has 39 heavy (non-hydrogen) atoms. The highest BCUT2D eigenvalue weighted by molar-refractivity contribution is 6.34. The summed E-state index contributed by atoms with van der Waals surface area (Å²) >= 11 is 6.31. The van der Waals surface area contributed by atoms with Crippen molar-refractivity contribution in [1.29, 1.82) is 5.26 Å². The number of anilines is 2. The van der Waals surface area contributed by atoms with Gasteiger partial charge >= 0.3 is 6.18 Å². The van der Waals surface area contributed by atoms with Crippen LogP contribution < -0.4 is 21.7 Å². The number of nitriles is 1. The van der Waals surface area contributed by atoms with Crippen LogP contribution in [0.5, 0.6) is 0 Å². The molecule has 0 saturated heterocycles. The summed E-state index contributed by atoms with van der Waals surface area (Å²) in [5.74, 6) is -0.722. The van der Waals surface area contributed by atoms with Crippen molar-refractivity contribution < 1.29 is 22.8 Å². The molecule has 0 fully saturated rings. The Morgan fingerprint density at radius 2 is 2.00 bits per heavy atom. The van der Waals surface area contributed by atoms with E-state index in [1.54, 1.807) is 12.1 Å².